The predicted molar refractivity (Wildman–Crippen MR) is 79.8 cm³/mol. The molecule has 1 aliphatic rings. The zero-order valence-electron chi connectivity index (χ0n) is 12.0. The number of anilines is 1. The van der Waals surface area contributed by atoms with Gasteiger partial charge in [-0.05, 0) is 18.6 Å². The Morgan fingerprint density at radius 2 is 2.25 bits per heavy atom. The molecule has 20 heavy (non-hydrogen) atoms. The number of carbonyl (C=O) groups excluding carboxylic acids is 2. The van der Waals surface area contributed by atoms with Crippen molar-refractivity contribution in [1.82, 2.24) is 9.88 Å². The van der Waals surface area contributed by atoms with Crippen molar-refractivity contribution in [3.63, 3.8) is 0 Å². The van der Waals surface area contributed by atoms with Crippen LogP contribution in [-0.2, 0) is 9.59 Å². The van der Waals surface area contributed by atoms with Crippen molar-refractivity contribution >= 4 is 29.3 Å². The fraction of sp³-hybridized carbons (Fsp3) is 0.500. The van der Waals surface area contributed by atoms with Gasteiger partial charge in [-0.2, -0.15) is 0 Å². The molecule has 0 N–H and O–H groups in total. The number of fused-ring (bicyclic) bond motifs is 1. The van der Waals surface area contributed by atoms with E-state index in [1.807, 2.05) is 19.1 Å². The lowest BCUT2D eigenvalue weighted by molar-refractivity contribution is -0.130. The number of nitrogens with zero attached hydrogens (tertiary/aromatic N) is 3. The maximum absolute atomic E-state index is 12.5. The Morgan fingerprint density at radius 3 is 2.90 bits per heavy atom. The molecule has 2 rings (SSSR count). The molecule has 0 saturated carbocycles. The second-order valence-corrected chi connectivity index (χ2v) is 6.11. The fourth-order valence-corrected chi connectivity index (χ4v) is 3.22. The summed E-state index contributed by atoms with van der Waals surface area (Å²) in [5.74, 6) is -0.0285. The third-order valence-corrected chi connectivity index (χ3v) is 4.33. The van der Waals surface area contributed by atoms with Crippen molar-refractivity contribution in [2.24, 2.45) is 0 Å². The minimum absolute atomic E-state index is 0.00699. The van der Waals surface area contributed by atoms with Crippen LogP contribution >= 0.6 is 11.8 Å². The monoisotopic (exact) mass is 293 g/mol. The van der Waals surface area contributed by atoms with E-state index in [4.69, 9.17) is 0 Å². The molecule has 1 atom stereocenters. The van der Waals surface area contributed by atoms with Gasteiger partial charge in [0.05, 0.1) is 10.9 Å². The third-order valence-electron chi connectivity index (χ3n) is 3.14. The van der Waals surface area contributed by atoms with E-state index in [1.165, 1.54) is 16.7 Å². The van der Waals surface area contributed by atoms with Gasteiger partial charge in [0.25, 0.3) is 0 Å². The number of hydrogen-bond donors (Lipinski definition) is 0. The van der Waals surface area contributed by atoms with Crippen LogP contribution in [0.1, 0.15) is 19.8 Å². The first-order valence-electron chi connectivity index (χ1n) is 6.67. The maximum Gasteiger partial charge on any atom is 0.241 e. The van der Waals surface area contributed by atoms with Gasteiger partial charge < -0.3 is 9.80 Å². The highest BCUT2D eigenvalue weighted by atomic mass is 32.2. The SMILES string of the molecule is CCCN1C(=O)[C@@H](CC(=O)N(C)C)Sc2ncccc21. The number of aromatic nitrogens is 1. The highest BCUT2D eigenvalue weighted by Gasteiger charge is 2.35. The smallest absolute Gasteiger partial charge is 0.241 e. The summed E-state index contributed by atoms with van der Waals surface area (Å²) in [7, 11) is 3.41. The van der Waals surface area contributed by atoms with E-state index < -0.39 is 0 Å². The van der Waals surface area contributed by atoms with E-state index in [9.17, 15) is 9.59 Å². The van der Waals surface area contributed by atoms with Crippen LogP contribution in [-0.4, -0.2) is 47.6 Å². The number of carbonyl (C=O) groups is 2. The van der Waals surface area contributed by atoms with Gasteiger partial charge in [-0.25, -0.2) is 4.98 Å². The van der Waals surface area contributed by atoms with Crippen molar-refractivity contribution in [3.05, 3.63) is 18.3 Å². The van der Waals surface area contributed by atoms with Gasteiger partial charge in [-0.15, -0.1) is 0 Å². The topological polar surface area (TPSA) is 53.5 Å². The lowest BCUT2D eigenvalue weighted by Crippen LogP contribution is -2.43. The highest BCUT2D eigenvalue weighted by Crippen LogP contribution is 2.38. The molecule has 0 aliphatic carbocycles. The van der Waals surface area contributed by atoms with Crippen LogP contribution in [0.5, 0.6) is 0 Å². The molecule has 5 nitrogen and oxygen atoms in total. The number of pyridine rings is 1. The molecule has 0 saturated heterocycles. The second-order valence-electron chi connectivity index (χ2n) is 4.92. The first kappa shape index (κ1) is 14.8. The summed E-state index contributed by atoms with van der Waals surface area (Å²) < 4.78 is 0. The van der Waals surface area contributed by atoms with E-state index in [-0.39, 0.29) is 23.5 Å². The van der Waals surface area contributed by atoms with Crippen LogP contribution in [0.4, 0.5) is 5.69 Å². The average Bonchev–Trinajstić information content (AvgIpc) is 2.43. The summed E-state index contributed by atoms with van der Waals surface area (Å²) in [6.07, 6.45) is 2.81. The van der Waals surface area contributed by atoms with Gasteiger partial charge >= 0.3 is 0 Å². The summed E-state index contributed by atoms with van der Waals surface area (Å²) in [5.41, 5.74) is 0.859. The summed E-state index contributed by atoms with van der Waals surface area (Å²) in [6, 6.07) is 3.74. The van der Waals surface area contributed by atoms with Crippen molar-refractivity contribution < 1.29 is 9.59 Å². The van der Waals surface area contributed by atoms with Gasteiger partial charge in [0.15, 0.2) is 0 Å². The maximum atomic E-state index is 12.5. The molecule has 1 aliphatic heterocycles. The van der Waals surface area contributed by atoms with Gasteiger partial charge in [-0.1, -0.05) is 18.7 Å². The van der Waals surface area contributed by atoms with E-state index in [2.05, 4.69) is 4.98 Å². The van der Waals surface area contributed by atoms with Gasteiger partial charge in [0.2, 0.25) is 11.8 Å². The molecule has 2 heterocycles. The summed E-state index contributed by atoms with van der Waals surface area (Å²) in [5, 5.41) is 0.455. The van der Waals surface area contributed by atoms with E-state index >= 15 is 0 Å². The third kappa shape index (κ3) is 2.95. The van der Waals surface area contributed by atoms with Crippen molar-refractivity contribution in [2.45, 2.75) is 30.0 Å². The molecule has 108 valence electrons. The Labute approximate surface area is 123 Å². The van der Waals surface area contributed by atoms with Crippen LogP contribution in [0, 0.1) is 0 Å². The van der Waals surface area contributed by atoms with Crippen LogP contribution in [0.3, 0.4) is 0 Å². The summed E-state index contributed by atoms with van der Waals surface area (Å²) in [4.78, 5) is 32.0. The Bertz CT molecular complexity index is 519. The lowest BCUT2D eigenvalue weighted by atomic mass is 10.2. The van der Waals surface area contributed by atoms with Crippen LogP contribution in [0.2, 0.25) is 0 Å². The Kier molecular flexibility index (Phi) is 4.65. The molecule has 0 aromatic carbocycles. The quantitative estimate of drug-likeness (QED) is 0.849. The molecule has 1 aromatic heterocycles. The molecule has 0 spiro atoms. The van der Waals surface area contributed by atoms with Gasteiger partial charge in [0.1, 0.15) is 5.03 Å². The lowest BCUT2D eigenvalue weighted by Gasteiger charge is -2.32. The number of thioether (sulfide) groups is 1. The first-order valence-corrected chi connectivity index (χ1v) is 7.55. The number of rotatable bonds is 4. The standard InChI is InChI=1S/C14H19N3O2S/c1-4-8-17-10-6-5-7-15-13(10)20-11(14(17)19)9-12(18)16(2)3/h5-7,11H,4,8-9H2,1-3H3/t11-/m1/s1. The summed E-state index contributed by atoms with van der Waals surface area (Å²) >= 11 is 1.39. The second kappa shape index (κ2) is 6.26. The Morgan fingerprint density at radius 1 is 1.50 bits per heavy atom. The molecular formula is C14H19N3O2S. The largest absolute Gasteiger partial charge is 0.349 e. The number of amides is 2. The van der Waals surface area contributed by atoms with E-state index in [1.54, 1.807) is 25.2 Å². The Balaban J connectivity index is 2.26. The van der Waals surface area contributed by atoms with E-state index in [0.29, 0.717) is 6.54 Å². The van der Waals surface area contributed by atoms with E-state index in [0.717, 1.165) is 17.1 Å². The molecule has 6 heteroatoms. The average molecular weight is 293 g/mol. The minimum Gasteiger partial charge on any atom is -0.349 e. The fourth-order valence-electron chi connectivity index (χ4n) is 2.08. The molecule has 2 amide bonds. The summed E-state index contributed by atoms with van der Waals surface area (Å²) in [6.45, 7) is 2.69. The van der Waals surface area contributed by atoms with Crippen LogP contribution in [0.15, 0.2) is 23.4 Å². The molecular weight excluding hydrogens is 274 g/mol. The van der Waals surface area contributed by atoms with Crippen LogP contribution in [0.25, 0.3) is 0 Å². The predicted octanol–water partition coefficient (Wildman–Crippen LogP) is 1.78. The van der Waals surface area contributed by atoms with Crippen LogP contribution < -0.4 is 4.90 Å². The van der Waals surface area contributed by atoms with Crippen molar-refractivity contribution in [1.29, 1.82) is 0 Å². The molecule has 1 aromatic rings. The van der Waals surface area contributed by atoms with Crippen molar-refractivity contribution in [2.75, 3.05) is 25.5 Å². The first-order chi connectivity index (χ1) is 9.54. The van der Waals surface area contributed by atoms with Gasteiger partial charge in [-0.3, -0.25) is 9.59 Å². The van der Waals surface area contributed by atoms with Gasteiger partial charge in [0, 0.05) is 33.3 Å². The molecule has 0 fully saturated rings. The molecule has 0 unspecified atom stereocenters. The zero-order chi connectivity index (χ0) is 14.7. The normalized spacial score (nSPS) is 17.9. The Hall–Kier alpha value is -1.56. The highest BCUT2D eigenvalue weighted by molar-refractivity contribution is 8.00. The molecule has 0 radical (unpaired) electrons. The molecule has 0 bridgehead atoms. The zero-order valence-corrected chi connectivity index (χ0v) is 12.8. The van der Waals surface area contributed by atoms with Crippen molar-refractivity contribution in [3.8, 4) is 0 Å². The number of hydrogen-bond acceptors (Lipinski definition) is 4. The minimum atomic E-state index is -0.376.